The van der Waals surface area contributed by atoms with E-state index in [1.165, 1.54) is 0 Å². The van der Waals surface area contributed by atoms with E-state index in [2.05, 4.69) is 5.32 Å². The molecule has 0 saturated carbocycles. The Kier molecular flexibility index (Phi) is 6.52. The highest BCUT2D eigenvalue weighted by atomic mass is 16.6. The van der Waals surface area contributed by atoms with Crippen molar-refractivity contribution in [3.8, 4) is 0 Å². The van der Waals surface area contributed by atoms with Crippen molar-refractivity contribution in [1.29, 1.82) is 0 Å². The van der Waals surface area contributed by atoms with E-state index in [1.54, 1.807) is 13.8 Å². The SMILES string of the molecule is CC(C)(CN)OC(=O)NC(CCCO)C(=O)O. The predicted octanol–water partition coefficient (Wildman–Crippen LogP) is -0.324. The van der Waals surface area contributed by atoms with E-state index in [9.17, 15) is 9.59 Å². The smallest absolute Gasteiger partial charge is 0.408 e. The molecule has 0 aliphatic rings. The summed E-state index contributed by atoms with van der Waals surface area (Å²) in [5, 5.41) is 19.6. The number of hydrogen-bond acceptors (Lipinski definition) is 5. The number of aliphatic hydroxyl groups excluding tert-OH is 1. The molecule has 0 aromatic heterocycles. The average molecular weight is 248 g/mol. The molecule has 0 aromatic carbocycles. The highest BCUT2D eigenvalue weighted by Gasteiger charge is 2.25. The first-order chi connectivity index (χ1) is 7.82. The summed E-state index contributed by atoms with van der Waals surface area (Å²) >= 11 is 0. The second kappa shape index (κ2) is 7.08. The van der Waals surface area contributed by atoms with Gasteiger partial charge in [-0.25, -0.2) is 9.59 Å². The number of carbonyl (C=O) groups excluding carboxylic acids is 1. The Hall–Kier alpha value is -1.34. The molecule has 1 unspecified atom stereocenters. The van der Waals surface area contributed by atoms with Crippen LogP contribution in [0.2, 0.25) is 0 Å². The minimum atomic E-state index is -1.17. The van der Waals surface area contributed by atoms with Gasteiger partial charge in [-0.05, 0) is 26.7 Å². The van der Waals surface area contributed by atoms with E-state index >= 15 is 0 Å². The van der Waals surface area contributed by atoms with E-state index in [-0.39, 0.29) is 26.0 Å². The summed E-state index contributed by atoms with van der Waals surface area (Å²) in [4.78, 5) is 22.2. The summed E-state index contributed by atoms with van der Waals surface area (Å²) in [5.74, 6) is -1.17. The van der Waals surface area contributed by atoms with Crippen molar-refractivity contribution in [1.82, 2.24) is 5.32 Å². The fourth-order valence-corrected chi connectivity index (χ4v) is 1.02. The van der Waals surface area contributed by atoms with Gasteiger partial charge in [0, 0.05) is 13.2 Å². The van der Waals surface area contributed by atoms with Gasteiger partial charge in [-0.15, -0.1) is 0 Å². The van der Waals surface area contributed by atoms with E-state index in [4.69, 9.17) is 20.7 Å². The number of nitrogens with one attached hydrogen (secondary N) is 1. The van der Waals surface area contributed by atoms with Gasteiger partial charge in [-0.1, -0.05) is 0 Å². The van der Waals surface area contributed by atoms with Crippen molar-refractivity contribution >= 4 is 12.1 Å². The number of aliphatic hydroxyl groups is 1. The van der Waals surface area contributed by atoms with Crippen LogP contribution in [0.1, 0.15) is 26.7 Å². The Morgan fingerprint density at radius 2 is 2.06 bits per heavy atom. The molecule has 0 fully saturated rings. The van der Waals surface area contributed by atoms with Crippen molar-refractivity contribution in [3.63, 3.8) is 0 Å². The summed E-state index contributed by atoms with van der Waals surface area (Å²) < 4.78 is 4.95. The van der Waals surface area contributed by atoms with Crippen LogP contribution in [0.3, 0.4) is 0 Å². The van der Waals surface area contributed by atoms with Crippen molar-refractivity contribution in [3.05, 3.63) is 0 Å². The lowest BCUT2D eigenvalue weighted by molar-refractivity contribution is -0.139. The molecule has 0 saturated heterocycles. The minimum absolute atomic E-state index is 0.130. The van der Waals surface area contributed by atoms with E-state index in [1.807, 2.05) is 0 Å². The Bertz CT molecular complexity index is 267. The van der Waals surface area contributed by atoms with Gasteiger partial charge in [-0.2, -0.15) is 0 Å². The zero-order chi connectivity index (χ0) is 13.5. The molecule has 0 aliphatic carbocycles. The topological polar surface area (TPSA) is 122 Å². The maximum Gasteiger partial charge on any atom is 0.408 e. The minimum Gasteiger partial charge on any atom is -0.480 e. The molecule has 0 rings (SSSR count). The van der Waals surface area contributed by atoms with Crippen molar-refractivity contribution in [2.24, 2.45) is 5.73 Å². The highest BCUT2D eigenvalue weighted by Crippen LogP contribution is 2.07. The number of carboxylic acids is 1. The fraction of sp³-hybridized carbons (Fsp3) is 0.800. The molecule has 0 radical (unpaired) electrons. The molecular formula is C10H20N2O5. The van der Waals surface area contributed by atoms with Gasteiger partial charge in [-0.3, -0.25) is 0 Å². The summed E-state index contributed by atoms with van der Waals surface area (Å²) in [5.41, 5.74) is 4.53. The molecule has 1 amide bonds. The first-order valence-electron chi connectivity index (χ1n) is 5.35. The number of amides is 1. The Morgan fingerprint density at radius 3 is 2.47 bits per heavy atom. The van der Waals surface area contributed by atoms with Crippen LogP contribution in [-0.2, 0) is 9.53 Å². The molecule has 0 aromatic rings. The van der Waals surface area contributed by atoms with Crippen LogP contribution in [0.15, 0.2) is 0 Å². The lowest BCUT2D eigenvalue weighted by Crippen LogP contribution is -2.46. The number of rotatable bonds is 7. The quantitative estimate of drug-likeness (QED) is 0.489. The molecule has 17 heavy (non-hydrogen) atoms. The maximum atomic E-state index is 11.4. The van der Waals surface area contributed by atoms with E-state index < -0.39 is 23.7 Å². The second-order valence-electron chi connectivity index (χ2n) is 4.25. The standard InChI is InChI=1S/C10H20N2O5/c1-10(2,6-11)17-9(16)12-7(8(14)15)4-3-5-13/h7,13H,3-6,11H2,1-2H3,(H,12,16)(H,14,15). The van der Waals surface area contributed by atoms with Gasteiger partial charge in [0.15, 0.2) is 0 Å². The van der Waals surface area contributed by atoms with Gasteiger partial charge < -0.3 is 26.0 Å². The monoisotopic (exact) mass is 248 g/mol. The lowest BCUT2D eigenvalue weighted by atomic mass is 10.1. The molecular weight excluding hydrogens is 228 g/mol. The van der Waals surface area contributed by atoms with Crippen molar-refractivity contribution < 1.29 is 24.5 Å². The summed E-state index contributed by atoms with van der Waals surface area (Å²) in [7, 11) is 0. The third kappa shape index (κ3) is 6.75. The number of alkyl carbamates (subject to hydrolysis) is 1. The lowest BCUT2D eigenvalue weighted by Gasteiger charge is -2.24. The zero-order valence-electron chi connectivity index (χ0n) is 10.1. The number of nitrogens with two attached hydrogens (primary N) is 1. The van der Waals surface area contributed by atoms with Gasteiger partial charge >= 0.3 is 12.1 Å². The van der Waals surface area contributed by atoms with Gasteiger partial charge in [0.25, 0.3) is 0 Å². The van der Waals surface area contributed by atoms with Gasteiger partial charge in [0.2, 0.25) is 0 Å². The molecule has 7 nitrogen and oxygen atoms in total. The molecule has 1 atom stereocenters. The summed E-state index contributed by atoms with van der Waals surface area (Å²) in [6.45, 7) is 3.25. The van der Waals surface area contributed by atoms with Gasteiger partial charge in [0.05, 0.1) is 0 Å². The van der Waals surface area contributed by atoms with Crippen LogP contribution in [0.25, 0.3) is 0 Å². The molecule has 0 spiro atoms. The normalized spacial score (nSPS) is 12.9. The number of carbonyl (C=O) groups is 2. The molecule has 0 bridgehead atoms. The number of aliphatic carboxylic acids is 1. The first kappa shape index (κ1) is 15.7. The maximum absolute atomic E-state index is 11.4. The summed E-state index contributed by atoms with van der Waals surface area (Å²) in [6, 6.07) is -1.07. The van der Waals surface area contributed by atoms with E-state index in [0.29, 0.717) is 0 Å². The van der Waals surface area contributed by atoms with Crippen LogP contribution in [-0.4, -0.2) is 47.1 Å². The van der Waals surface area contributed by atoms with Gasteiger partial charge in [0.1, 0.15) is 11.6 Å². The van der Waals surface area contributed by atoms with Crippen molar-refractivity contribution in [2.75, 3.05) is 13.2 Å². The second-order valence-corrected chi connectivity index (χ2v) is 4.25. The summed E-state index contributed by atoms with van der Waals surface area (Å²) in [6.07, 6.45) is -0.396. The zero-order valence-corrected chi connectivity index (χ0v) is 10.1. The number of carboxylic acid groups (broad SMARTS) is 1. The van der Waals surface area contributed by atoms with Crippen LogP contribution >= 0.6 is 0 Å². The fourth-order valence-electron chi connectivity index (χ4n) is 1.02. The Labute approximate surface area is 99.9 Å². The largest absolute Gasteiger partial charge is 0.480 e. The predicted molar refractivity (Wildman–Crippen MR) is 60.5 cm³/mol. The average Bonchev–Trinajstić information content (AvgIpc) is 2.23. The van der Waals surface area contributed by atoms with Crippen LogP contribution in [0.4, 0.5) is 4.79 Å². The molecule has 0 aliphatic heterocycles. The Morgan fingerprint density at radius 1 is 1.47 bits per heavy atom. The molecule has 5 N–H and O–H groups in total. The highest BCUT2D eigenvalue weighted by molar-refractivity contribution is 5.79. The van der Waals surface area contributed by atoms with Crippen LogP contribution in [0.5, 0.6) is 0 Å². The Balaban J connectivity index is 4.26. The van der Waals surface area contributed by atoms with Crippen molar-refractivity contribution in [2.45, 2.75) is 38.3 Å². The third-order valence-corrected chi connectivity index (χ3v) is 2.10. The van der Waals surface area contributed by atoms with Crippen LogP contribution in [0, 0.1) is 0 Å². The van der Waals surface area contributed by atoms with Crippen LogP contribution < -0.4 is 11.1 Å². The number of ether oxygens (including phenoxy) is 1. The molecule has 0 heterocycles. The molecule has 7 heteroatoms. The molecule has 100 valence electrons. The number of hydrogen-bond donors (Lipinski definition) is 4. The third-order valence-electron chi connectivity index (χ3n) is 2.10. The van der Waals surface area contributed by atoms with E-state index in [0.717, 1.165) is 0 Å². The first-order valence-corrected chi connectivity index (χ1v) is 5.35.